The van der Waals surface area contributed by atoms with Crippen LogP contribution in [0.4, 0.5) is 0 Å². The highest BCUT2D eigenvalue weighted by atomic mass is 16.3. The number of Topliss-reactive ketones (excluding diaryl/α,β-unsaturated/α-hetero) is 2. The summed E-state index contributed by atoms with van der Waals surface area (Å²) in [4.78, 5) is 25.4. The Balaban J connectivity index is 2.21. The molecule has 0 bridgehead atoms. The summed E-state index contributed by atoms with van der Waals surface area (Å²) in [6.07, 6.45) is 0.690. The van der Waals surface area contributed by atoms with Gasteiger partial charge in [0.05, 0.1) is 5.92 Å². The van der Waals surface area contributed by atoms with Gasteiger partial charge in [0, 0.05) is 12.0 Å². The van der Waals surface area contributed by atoms with Crippen molar-refractivity contribution in [2.75, 3.05) is 0 Å². The third-order valence-electron chi connectivity index (χ3n) is 4.49. The van der Waals surface area contributed by atoms with E-state index in [0.717, 1.165) is 5.56 Å². The quantitative estimate of drug-likeness (QED) is 0.947. The molecule has 0 amide bonds. The van der Waals surface area contributed by atoms with Crippen molar-refractivity contribution in [3.8, 4) is 0 Å². The van der Waals surface area contributed by atoms with Gasteiger partial charge < -0.3 is 5.11 Å². The smallest absolute Gasteiger partial charge is 0.199 e. The lowest BCUT2D eigenvalue weighted by Crippen LogP contribution is -2.50. The van der Waals surface area contributed by atoms with E-state index in [1.165, 1.54) is 0 Å². The highest BCUT2D eigenvalue weighted by Gasteiger charge is 2.51. The van der Waals surface area contributed by atoms with Crippen LogP contribution in [-0.4, -0.2) is 16.7 Å². The fourth-order valence-electron chi connectivity index (χ4n) is 3.27. The van der Waals surface area contributed by atoms with Gasteiger partial charge in [0.15, 0.2) is 11.4 Å². The molecule has 0 aromatic heterocycles. The Kier molecular flexibility index (Phi) is 3.67. The number of carbonyl (C=O) groups excluding carboxylic acids is 2. The number of fused-ring (bicyclic) bond motifs is 1. The molecule has 0 unspecified atom stereocenters. The van der Waals surface area contributed by atoms with Gasteiger partial charge in [0.25, 0.3) is 0 Å². The van der Waals surface area contributed by atoms with Crippen LogP contribution in [0.5, 0.6) is 0 Å². The summed E-state index contributed by atoms with van der Waals surface area (Å²) >= 11 is 0. The minimum absolute atomic E-state index is 0.0887. The van der Waals surface area contributed by atoms with E-state index in [0.29, 0.717) is 24.0 Å². The molecule has 0 fully saturated rings. The maximum Gasteiger partial charge on any atom is 0.199 e. The second-order valence-corrected chi connectivity index (χ2v) is 5.70. The second kappa shape index (κ2) is 5.50. The van der Waals surface area contributed by atoms with Crippen molar-refractivity contribution in [2.24, 2.45) is 5.92 Å². The Hall–Kier alpha value is -2.26. The highest BCUT2D eigenvalue weighted by Crippen LogP contribution is 2.41. The summed E-state index contributed by atoms with van der Waals surface area (Å²) in [7, 11) is 0. The van der Waals surface area contributed by atoms with Crippen molar-refractivity contribution in [1.29, 1.82) is 0 Å². The normalized spacial score (nSPS) is 23.9. The zero-order valence-electron chi connectivity index (χ0n) is 12.5. The zero-order chi connectivity index (χ0) is 15.7. The minimum atomic E-state index is -1.78. The third kappa shape index (κ3) is 2.09. The minimum Gasteiger partial charge on any atom is -0.376 e. The molecular weight excluding hydrogens is 276 g/mol. The number of rotatable bonds is 3. The van der Waals surface area contributed by atoms with E-state index in [4.69, 9.17) is 0 Å². The largest absolute Gasteiger partial charge is 0.376 e. The van der Waals surface area contributed by atoms with Crippen LogP contribution in [0.15, 0.2) is 54.6 Å². The molecule has 2 aromatic carbocycles. The van der Waals surface area contributed by atoms with E-state index in [2.05, 4.69) is 0 Å². The van der Waals surface area contributed by atoms with Gasteiger partial charge in [-0.15, -0.1) is 0 Å². The van der Waals surface area contributed by atoms with Crippen LogP contribution >= 0.6 is 0 Å². The predicted octanol–water partition coefficient (Wildman–Crippen LogP) is 2.91. The maximum absolute atomic E-state index is 13.0. The Morgan fingerprint density at radius 1 is 1.14 bits per heavy atom. The summed E-state index contributed by atoms with van der Waals surface area (Å²) < 4.78 is 0. The van der Waals surface area contributed by atoms with Gasteiger partial charge >= 0.3 is 0 Å². The van der Waals surface area contributed by atoms with E-state index in [1.807, 2.05) is 18.2 Å². The lowest BCUT2D eigenvalue weighted by molar-refractivity contribution is -0.130. The van der Waals surface area contributed by atoms with E-state index in [1.54, 1.807) is 43.3 Å². The lowest BCUT2D eigenvalue weighted by atomic mass is 9.66. The van der Waals surface area contributed by atoms with Gasteiger partial charge in [-0.05, 0) is 17.5 Å². The summed E-state index contributed by atoms with van der Waals surface area (Å²) in [5.41, 5.74) is 0.0538. The predicted molar refractivity (Wildman–Crippen MR) is 83.6 cm³/mol. The van der Waals surface area contributed by atoms with Crippen LogP contribution in [-0.2, 0) is 16.8 Å². The van der Waals surface area contributed by atoms with Crippen LogP contribution < -0.4 is 0 Å². The van der Waals surface area contributed by atoms with Gasteiger partial charge in [0.2, 0.25) is 0 Å². The van der Waals surface area contributed by atoms with E-state index >= 15 is 0 Å². The molecular formula is C19H18O3. The lowest BCUT2D eigenvalue weighted by Gasteiger charge is -2.38. The maximum atomic E-state index is 13.0. The van der Waals surface area contributed by atoms with Crippen LogP contribution in [0.2, 0.25) is 0 Å². The first-order chi connectivity index (χ1) is 10.6. The zero-order valence-corrected chi connectivity index (χ0v) is 12.5. The van der Waals surface area contributed by atoms with Crippen molar-refractivity contribution in [3.63, 3.8) is 0 Å². The molecule has 22 heavy (non-hydrogen) atoms. The molecule has 3 rings (SSSR count). The topological polar surface area (TPSA) is 54.4 Å². The monoisotopic (exact) mass is 294 g/mol. The van der Waals surface area contributed by atoms with Crippen LogP contribution in [0, 0.1) is 5.92 Å². The Morgan fingerprint density at radius 2 is 1.77 bits per heavy atom. The average molecular weight is 294 g/mol. The number of ketones is 2. The molecule has 3 heteroatoms. The molecule has 112 valence electrons. The van der Waals surface area contributed by atoms with Crippen LogP contribution in [0.1, 0.15) is 34.8 Å². The van der Waals surface area contributed by atoms with Gasteiger partial charge in [0.1, 0.15) is 5.78 Å². The molecule has 0 radical (unpaired) electrons. The molecule has 0 aliphatic heterocycles. The molecule has 0 spiro atoms. The van der Waals surface area contributed by atoms with Gasteiger partial charge in [-0.1, -0.05) is 61.5 Å². The van der Waals surface area contributed by atoms with Gasteiger partial charge in [-0.25, -0.2) is 0 Å². The molecule has 0 heterocycles. The van der Waals surface area contributed by atoms with Gasteiger partial charge in [-0.3, -0.25) is 9.59 Å². The fraction of sp³-hybridized carbons (Fsp3) is 0.263. The Morgan fingerprint density at radius 3 is 2.45 bits per heavy atom. The number of benzene rings is 2. The fourth-order valence-corrected chi connectivity index (χ4v) is 3.27. The first-order valence-corrected chi connectivity index (χ1v) is 7.52. The van der Waals surface area contributed by atoms with Crippen molar-refractivity contribution < 1.29 is 14.7 Å². The summed E-state index contributed by atoms with van der Waals surface area (Å²) in [5, 5.41) is 11.2. The summed E-state index contributed by atoms with van der Waals surface area (Å²) in [6.45, 7) is 1.76. The van der Waals surface area contributed by atoms with E-state index in [-0.39, 0.29) is 11.6 Å². The van der Waals surface area contributed by atoms with Crippen LogP contribution in [0.25, 0.3) is 0 Å². The van der Waals surface area contributed by atoms with Crippen molar-refractivity contribution in [3.05, 3.63) is 71.3 Å². The van der Waals surface area contributed by atoms with E-state index in [9.17, 15) is 14.7 Å². The molecule has 1 aliphatic carbocycles. The molecule has 0 saturated carbocycles. The highest BCUT2D eigenvalue weighted by molar-refractivity contribution is 6.08. The van der Waals surface area contributed by atoms with E-state index < -0.39 is 11.5 Å². The number of hydrogen-bond donors (Lipinski definition) is 1. The first kappa shape index (κ1) is 14.7. The van der Waals surface area contributed by atoms with Crippen molar-refractivity contribution >= 4 is 11.6 Å². The number of aliphatic hydroxyl groups is 1. The molecule has 2 atom stereocenters. The average Bonchev–Trinajstić information content (AvgIpc) is 2.58. The second-order valence-electron chi connectivity index (χ2n) is 5.70. The molecule has 2 aromatic rings. The van der Waals surface area contributed by atoms with Crippen molar-refractivity contribution in [1.82, 2.24) is 0 Å². The molecule has 1 N–H and O–H groups in total. The Labute approximate surface area is 129 Å². The van der Waals surface area contributed by atoms with Crippen LogP contribution in [0.3, 0.4) is 0 Å². The first-order valence-electron chi connectivity index (χ1n) is 7.52. The molecule has 1 aliphatic rings. The third-order valence-corrected chi connectivity index (χ3v) is 4.49. The van der Waals surface area contributed by atoms with Crippen molar-refractivity contribution in [2.45, 2.75) is 25.4 Å². The SMILES string of the molecule is CCC(=O)[C@H]1Cc2ccccc2C(=O)[C@]1(O)c1ccccc1. The summed E-state index contributed by atoms with van der Waals surface area (Å²) in [6, 6.07) is 16.0. The standard InChI is InChI=1S/C19H18O3/c1-2-17(20)16-12-13-8-6-7-11-15(13)18(21)19(16,22)14-9-4-3-5-10-14/h3-11,16,22H,2,12H2,1H3/t16-,19+/m1/s1. The summed E-state index contributed by atoms with van der Waals surface area (Å²) in [5.74, 6) is -1.20. The van der Waals surface area contributed by atoms with Gasteiger partial charge in [-0.2, -0.15) is 0 Å². The number of carbonyl (C=O) groups is 2. The number of hydrogen-bond acceptors (Lipinski definition) is 3. The molecule has 0 saturated heterocycles. The Bertz CT molecular complexity index is 720. The molecule has 3 nitrogen and oxygen atoms in total.